The second-order valence-electron chi connectivity index (χ2n) is 9.81. The molecule has 39 heavy (non-hydrogen) atoms. The number of anilines is 1. The number of hydrogen-bond donors (Lipinski definition) is 1. The van der Waals surface area contributed by atoms with Gasteiger partial charge in [0.15, 0.2) is 6.61 Å². The summed E-state index contributed by atoms with van der Waals surface area (Å²) in [5.41, 5.74) is 2.94. The Morgan fingerprint density at radius 1 is 0.795 bits per heavy atom. The Kier molecular flexibility index (Phi) is 5.78. The third-order valence-electron chi connectivity index (χ3n) is 7.66. The van der Waals surface area contributed by atoms with E-state index in [1.165, 1.54) is 6.07 Å². The van der Waals surface area contributed by atoms with E-state index < -0.39 is 60.4 Å². The molecule has 10 heteroatoms. The SMILES string of the molecule is O=C(COC(=O)CN1C(=O)[C@H]2C3c4ccccc4C(c4ccccc43)[C@@H]2C1=O)Nc1cccc(C(F)(F)F)c1. The van der Waals surface area contributed by atoms with Gasteiger partial charge in [-0.2, -0.15) is 13.2 Å². The highest BCUT2D eigenvalue weighted by Crippen LogP contribution is 2.60. The summed E-state index contributed by atoms with van der Waals surface area (Å²) in [4.78, 5) is 52.7. The number of imide groups is 1. The van der Waals surface area contributed by atoms with Crippen LogP contribution in [0, 0.1) is 11.8 Å². The first kappa shape index (κ1) is 24.8. The summed E-state index contributed by atoms with van der Waals surface area (Å²) in [5, 5.41) is 2.24. The van der Waals surface area contributed by atoms with Gasteiger partial charge in [0.2, 0.25) is 11.8 Å². The van der Waals surface area contributed by atoms with Crippen LogP contribution in [0.25, 0.3) is 0 Å². The van der Waals surface area contributed by atoms with E-state index in [1.54, 1.807) is 0 Å². The van der Waals surface area contributed by atoms with E-state index in [2.05, 4.69) is 5.32 Å². The zero-order valence-corrected chi connectivity index (χ0v) is 20.3. The van der Waals surface area contributed by atoms with Gasteiger partial charge in [0.1, 0.15) is 6.54 Å². The minimum atomic E-state index is -4.58. The fourth-order valence-electron chi connectivity index (χ4n) is 6.19. The summed E-state index contributed by atoms with van der Waals surface area (Å²) in [7, 11) is 0. The number of hydrogen-bond acceptors (Lipinski definition) is 5. The number of amides is 3. The van der Waals surface area contributed by atoms with Crippen molar-refractivity contribution in [3.05, 3.63) is 101 Å². The Morgan fingerprint density at radius 2 is 1.31 bits per heavy atom. The van der Waals surface area contributed by atoms with Crippen molar-refractivity contribution in [3.8, 4) is 0 Å². The van der Waals surface area contributed by atoms with Crippen molar-refractivity contribution in [2.75, 3.05) is 18.5 Å². The van der Waals surface area contributed by atoms with Crippen LogP contribution in [0.4, 0.5) is 18.9 Å². The van der Waals surface area contributed by atoms with Crippen molar-refractivity contribution < 1.29 is 37.1 Å². The molecule has 7 rings (SSSR count). The lowest BCUT2D eigenvalue weighted by Crippen LogP contribution is -2.41. The standard InChI is InChI=1S/C29H21F3N2O5/c30-29(31,32)15-6-5-7-16(12-15)33-21(35)14-39-22(36)13-34-27(37)25-23-17-8-1-2-9-18(17)24(26(25)28(34)38)20-11-4-3-10-19(20)23/h1-12,23-26H,13-14H2,(H,33,35)/t23?,24?,25-,26-/m0/s1. The molecule has 3 aliphatic carbocycles. The number of halogens is 3. The van der Waals surface area contributed by atoms with Crippen molar-refractivity contribution in [2.45, 2.75) is 18.0 Å². The van der Waals surface area contributed by atoms with Gasteiger partial charge in [0, 0.05) is 17.5 Å². The average Bonchev–Trinajstić information content (AvgIpc) is 3.17. The minimum absolute atomic E-state index is 0.116. The molecule has 2 bridgehead atoms. The molecule has 0 spiro atoms. The number of likely N-dealkylation sites (tertiary alicyclic amines) is 1. The lowest BCUT2D eigenvalue weighted by Gasteiger charge is -2.45. The third-order valence-corrected chi connectivity index (χ3v) is 7.66. The summed E-state index contributed by atoms with van der Waals surface area (Å²) < 4.78 is 43.6. The summed E-state index contributed by atoms with van der Waals surface area (Å²) in [6.45, 7) is -1.45. The Balaban J connectivity index is 1.15. The molecule has 198 valence electrons. The second kappa shape index (κ2) is 9.07. The summed E-state index contributed by atoms with van der Waals surface area (Å²) >= 11 is 0. The van der Waals surface area contributed by atoms with Crippen molar-refractivity contribution in [3.63, 3.8) is 0 Å². The van der Waals surface area contributed by atoms with Gasteiger partial charge in [0.05, 0.1) is 17.4 Å². The minimum Gasteiger partial charge on any atom is -0.454 e. The van der Waals surface area contributed by atoms with E-state index in [0.717, 1.165) is 45.4 Å². The van der Waals surface area contributed by atoms with Crippen LogP contribution in [0.3, 0.4) is 0 Å². The van der Waals surface area contributed by atoms with E-state index in [0.29, 0.717) is 0 Å². The fraction of sp³-hybridized carbons (Fsp3) is 0.241. The van der Waals surface area contributed by atoms with Crippen LogP contribution in [0.15, 0.2) is 72.8 Å². The maximum atomic E-state index is 13.5. The van der Waals surface area contributed by atoms with Crippen LogP contribution in [0.1, 0.15) is 39.7 Å². The number of ether oxygens (including phenoxy) is 1. The fourth-order valence-corrected chi connectivity index (χ4v) is 6.19. The van der Waals surface area contributed by atoms with E-state index in [4.69, 9.17) is 4.74 Å². The molecule has 0 unspecified atom stereocenters. The highest BCUT2D eigenvalue weighted by molar-refractivity contribution is 6.09. The molecule has 2 atom stereocenters. The Labute approximate surface area is 220 Å². The van der Waals surface area contributed by atoms with Gasteiger partial charge in [-0.15, -0.1) is 0 Å². The van der Waals surface area contributed by atoms with Crippen LogP contribution >= 0.6 is 0 Å². The predicted octanol–water partition coefficient (Wildman–Crippen LogP) is 4.08. The van der Waals surface area contributed by atoms with Crippen LogP contribution in [-0.4, -0.2) is 41.7 Å². The van der Waals surface area contributed by atoms with Gasteiger partial charge in [-0.25, -0.2) is 0 Å². The molecule has 1 saturated heterocycles. The Bertz CT molecular complexity index is 1420. The van der Waals surface area contributed by atoms with Crippen molar-refractivity contribution in [2.24, 2.45) is 11.8 Å². The van der Waals surface area contributed by atoms with Gasteiger partial charge < -0.3 is 10.1 Å². The molecule has 7 nitrogen and oxygen atoms in total. The molecular weight excluding hydrogens is 513 g/mol. The van der Waals surface area contributed by atoms with E-state index in [-0.39, 0.29) is 17.5 Å². The van der Waals surface area contributed by atoms with Gasteiger partial charge in [-0.3, -0.25) is 24.1 Å². The zero-order valence-electron chi connectivity index (χ0n) is 20.3. The van der Waals surface area contributed by atoms with Gasteiger partial charge >= 0.3 is 12.1 Å². The monoisotopic (exact) mass is 534 g/mol. The number of esters is 1. The van der Waals surface area contributed by atoms with Crippen molar-refractivity contribution in [1.29, 1.82) is 0 Å². The largest absolute Gasteiger partial charge is 0.454 e. The van der Waals surface area contributed by atoms with Crippen LogP contribution in [0.2, 0.25) is 0 Å². The first-order valence-corrected chi connectivity index (χ1v) is 12.3. The second-order valence-corrected chi connectivity index (χ2v) is 9.81. The summed E-state index contributed by atoms with van der Waals surface area (Å²) in [5.74, 6) is -4.69. The molecule has 1 N–H and O–H groups in total. The van der Waals surface area contributed by atoms with Crippen LogP contribution in [-0.2, 0) is 30.1 Å². The Hall–Kier alpha value is -4.47. The molecule has 0 aromatic heterocycles. The zero-order chi connectivity index (χ0) is 27.5. The number of carbonyl (C=O) groups is 4. The maximum Gasteiger partial charge on any atom is 0.416 e. The topological polar surface area (TPSA) is 92.8 Å². The highest BCUT2D eigenvalue weighted by atomic mass is 19.4. The van der Waals surface area contributed by atoms with Gasteiger partial charge in [-0.05, 0) is 40.5 Å². The molecule has 0 radical (unpaired) electrons. The molecule has 1 fully saturated rings. The average molecular weight is 534 g/mol. The molecule has 0 saturated carbocycles. The number of benzene rings is 3. The molecule has 4 aliphatic rings. The smallest absolute Gasteiger partial charge is 0.416 e. The third kappa shape index (κ3) is 4.07. The van der Waals surface area contributed by atoms with Crippen molar-refractivity contribution in [1.82, 2.24) is 4.90 Å². The Morgan fingerprint density at radius 3 is 1.79 bits per heavy atom. The van der Waals surface area contributed by atoms with E-state index in [1.807, 2.05) is 48.5 Å². The van der Waals surface area contributed by atoms with Crippen LogP contribution in [0.5, 0.6) is 0 Å². The first-order valence-electron chi connectivity index (χ1n) is 12.3. The normalized spacial score (nSPS) is 22.7. The maximum absolute atomic E-state index is 13.5. The van der Waals surface area contributed by atoms with Crippen LogP contribution < -0.4 is 5.32 Å². The number of carbonyl (C=O) groups excluding carboxylic acids is 4. The highest BCUT2D eigenvalue weighted by Gasteiger charge is 2.61. The number of rotatable bonds is 5. The number of nitrogens with one attached hydrogen (secondary N) is 1. The first-order chi connectivity index (χ1) is 18.6. The summed E-state index contributed by atoms with van der Waals surface area (Å²) in [6.07, 6.45) is -4.58. The quantitative estimate of drug-likeness (QED) is 0.394. The molecular formula is C29H21F3N2O5. The molecule has 3 amide bonds. The molecule has 3 aromatic rings. The number of nitrogens with zero attached hydrogens (tertiary/aromatic N) is 1. The molecule has 1 heterocycles. The van der Waals surface area contributed by atoms with Gasteiger partial charge in [0.25, 0.3) is 5.91 Å². The summed E-state index contributed by atoms with van der Waals surface area (Å²) in [6, 6.07) is 19.5. The molecule has 1 aliphatic heterocycles. The van der Waals surface area contributed by atoms with E-state index >= 15 is 0 Å². The predicted molar refractivity (Wildman–Crippen MR) is 131 cm³/mol. The lowest BCUT2D eigenvalue weighted by molar-refractivity contribution is -0.154. The lowest BCUT2D eigenvalue weighted by atomic mass is 9.55. The number of alkyl halides is 3. The van der Waals surface area contributed by atoms with Crippen molar-refractivity contribution >= 4 is 29.4 Å². The molecule has 3 aromatic carbocycles. The van der Waals surface area contributed by atoms with E-state index in [9.17, 15) is 32.3 Å². The van der Waals surface area contributed by atoms with Gasteiger partial charge in [-0.1, -0.05) is 54.6 Å².